The molecule has 0 atom stereocenters. The number of rotatable bonds is 11. The zero-order chi connectivity index (χ0) is 16.8. The fourth-order valence-electron chi connectivity index (χ4n) is 2.20. The lowest BCUT2D eigenvalue weighted by atomic mass is 10.0. The summed E-state index contributed by atoms with van der Waals surface area (Å²) in [5, 5.41) is 18.2. The molecule has 0 aliphatic heterocycles. The Bertz CT molecular complexity index is 407. The van der Waals surface area contributed by atoms with Gasteiger partial charge in [-0.3, -0.25) is 0 Å². The summed E-state index contributed by atoms with van der Waals surface area (Å²) in [7, 11) is 0. The van der Waals surface area contributed by atoms with Crippen LogP contribution in [0.4, 0.5) is 0 Å². The van der Waals surface area contributed by atoms with Crippen molar-refractivity contribution in [2.24, 2.45) is 0 Å². The van der Waals surface area contributed by atoms with Crippen molar-refractivity contribution >= 4 is 0 Å². The Morgan fingerprint density at radius 2 is 1.23 bits per heavy atom. The first-order valence-corrected chi connectivity index (χ1v) is 8.33. The molecule has 0 saturated heterocycles. The maximum absolute atomic E-state index is 9.41. The highest BCUT2D eigenvalue weighted by Gasteiger charge is 1.96. The summed E-state index contributed by atoms with van der Waals surface area (Å²) in [6.07, 6.45) is 14.6. The normalized spacial score (nSPS) is 13.5. The average Bonchev–Trinajstić information content (AvgIpc) is 2.45. The number of aliphatic hydroxyl groups excluding tert-OH is 2. The smallest absolute Gasteiger partial charge is 0.0641 e. The van der Waals surface area contributed by atoms with E-state index in [1.807, 2.05) is 13.0 Å². The van der Waals surface area contributed by atoms with Gasteiger partial charge in [0.2, 0.25) is 0 Å². The van der Waals surface area contributed by atoms with Gasteiger partial charge >= 0.3 is 0 Å². The molecule has 2 heteroatoms. The van der Waals surface area contributed by atoms with Crippen LogP contribution in [0.5, 0.6) is 0 Å². The van der Waals surface area contributed by atoms with Gasteiger partial charge in [-0.15, -0.1) is 0 Å². The Balaban J connectivity index is 4.12. The molecular weight excluding hydrogens is 272 g/mol. The molecule has 2 N–H and O–H groups in total. The third-order valence-corrected chi connectivity index (χ3v) is 3.66. The van der Waals surface area contributed by atoms with Gasteiger partial charge in [0, 0.05) is 0 Å². The van der Waals surface area contributed by atoms with Crippen LogP contribution in [0.3, 0.4) is 0 Å². The molecule has 2 nitrogen and oxygen atoms in total. The number of hydrogen-bond acceptors (Lipinski definition) is 2. The zero-order valence-corrected chi connectivity index (χ0v) is 14.9. The van der Waals surface area contributed by atoms with Crippen molar-refractivity contribution in [1.82, 2.24) is 0 Å². The van der Waals surface area contributed by atoms with Gasteiger partial charge in [0.15, 0.2) is 0 Å². The van der Waals surface area contributed by atoms with Gasteiger partial charge in [0.25, 0.3) is 0 Å². The van der Waals surface area contributed by atoms with Crippen molar-refractivity contribution in [3.63, 3.8) is 0 Å². The van der Waals surface area contributed by atoms with Crippen LogP contribution < -0.4 is 0 Å². The highest BCUT2D eigenvalue weighted by atomic mass is 16.3. The minimum absolute atomic E-state index is 0.110. The van der Waals surface area contributed by atoms with E-state index in [1.165, 1.54) is 16.7 Å². The second-order valence-electron chi connectivity index (χ2n) is 6.20. The molecule has 22 heavy (non-hydrogen) atoms. The first kappa shape index (κ1) is 20.9. The molecule has 0 bridgehead atoms. The van der Waals surface area contributed by atoms with E-state index in [9.17, 15) is 5.11 Å². The summed E-state index contributed by atoms with van der Waals surface area (Å²) in [6, 6.07) is 0. The van der Waals surface area contributed by atoms with E-state index >= 15 is 0 Å². The van der Waals surface area contributed by atoms with Gasteiger partial charge in [-0.1, -0.05) is 41.0 Å². The Morgan fingerprint density at radius 1 is 0.682 bits per heavy atom. The van der Waals surface area contributed by atoms with Gasteiger partial charge in [-0.2, -0.15) is 0 Å². The van der Waals surface area contributed by atoms with Crippen molar-refractivity contribution in [3.8, 4) is 0 Å². The van der Waals surface area contributed by atoms with Crippen LogP contribution in [-0.4, -0.2) is 23.4 Å². The molecule has 0 fully saturated rings. The Labute approximate surface area is 137 Å². The van der Waals surface area contributed by atoms with Crippen molar-refractivity contribution in [2.75, 3.05) is 13.2 Å². The zero-order valence-electron chi connectivity index (χ0n) is 14.9. The first-order valence-electron chi connectivity index (χ1n) is 8.33. The predicted molar refractivity (Wildman–Crippen MR) is 96.9 cm³/mol. The van der Waals surface area contributed by atoms with Crippen molar-refractivity contribution < 1.29 is 10.2 Å². The van der Waals surface area contributed by atoms with Crippen molar-refractivity contribution in [3.05, 3.63) is 46.6 Å². The Morgan fingerprint density at radius 3 is 1.77 bits per heavy atom. The monoisotopic (exact) mass is 306 g/mol. The summed E-state index contributed by atoms with van der Waals surface area (Å²) in [5.74, 6) is 0. The molecule has 0 radical (unpaired) electrons. The summed E-state index contributed by atoms with van der Waals surface area (Å²) < 4.78 is 0. The fourth-order valence-corrected chi connectivity index (χ4v) is 2.20. The highest BCUT2D eigenvalue weighted by Crippen LogP contribution is 2.13. The van der Waals surface area contributed by atoms with Crippen LogP contribution in [0, 0.1) is 0 Å². The number of aliphatic hydroxyl groups is 2. The summed E-state index contributed by atoms with van der Waals surface area (Å²) in [4.78, 5) is 0. The van der Waals surface area contributed by atoms with Crippen LogP contribution >= 0.6 is 0 Å². The van der Waals surface area contributed by atoms with Gasteiger partial charge in [-0.05, 0) is 71.8 Å². The minimum Gasteiger partial charge on any atom is -0.392 e. The van der Waals surface area contributed by atoms with E-state index in [1.54, 1.807) is 0 Å². The predicted octanol–water partition coefficient (Wildman–Crippen LogP) is 5.10. The maximum atomic E-state index is 9.41. The summed E-state index contributed by atoms with van der Waals surface area (Å²) >= 11 is 0. The maximum Gasteiger partial charge on any atom is 0.0641 e. The molecule has 0 saturated carbocycles. The third-order valence-electron chi connectivity index (χ3n) is 3.66. The van der Waals surface area contributed by atoms with E-state index in [0.717, 1.165) is 44.1 Å². The second kappa shape index (κ2) is 13.5. The van der Waals surface area contributed by atoms with E-state index in [-0.39, 0.29) is 13.2 Å². The van der Waals surface area contributed by atoms with E-state index in [2.05, 4.69) is 39.0 Å². The topological polar surface area (TPSA) is 40.5 Å². The molecule has 0 heterocycles. The molecule has 0 aliphatic carbocycles. The van der Waals surface area contributed by atoms with Crippen LogP contribution in [0.25, 0.3) is 0 Å². The van der Waals surface area contributed by atoms with Crippen LogP contribution in [0.2, 0.25) is 0 Å². The van der Waals surface area contributed by atoms with Gasteiger partial charge in [0.05, 0.1) is 13.2 Å². The fraction of sp³-hybridized carbons (Fsp3) is 0.600. The molecule has 0 unspecified atom stereocenters. The molecule has 0 aromatic rings. The minimum atomic E-state index is 0.110. The van der Waals surface area contributed by atoms with Gasteiger partial charge < -0.3 is 10.2 Å². The molecule has 0 aliphatic rings. The largest absolute Gasteiger partial charge is 0.392 e. The quantitative estimate of drug-likeness (QED) is 0.522. The van der Waals surface area contributed by atoms with Crippen LogP contribution in [-0.2, 0) is 0 Å². The second-order valence-corrected chi connectivity index (χ2v) is 6.20. The highest BCUT2D eigenvalue weighted by molar-refractivity contribution is 5.08. The van der Waals surface area contributed by atoms with Crippen LogP contribution in [0.1, 0.15) is 66.2 Å². The molecular formula is C20H34O2. The van der Waals surface area contributed by atoms with Gasteiger partial charge in [-0.25, -0.2) is 0 Å². The Hall–Kier alpha value is -1.12. The third kappa shape index (κ3) is 12.6. The van der Waals surface area contributed by atoms with Crippen molar-refractivity contribution in [1.29, 1.82) is 0 Å². The number of hydrogen-bond donors (Lipinski definition) is 2. The lowest BCUT2D eigenvalue weighted by Crippen LogP contribution is -1.91. The Kier molecular flexibility index (Phi) is 12.8. The number of allylic oxidation sites excluding steroid dienone is 6. The van der Waals surface area contributed by atoms with Crippen LogP contribution in [0.15, 0.2) is 46.6 Å². The SMILES string of the molecule is CC(C)=CCC/C(C)=C\CC/C(=C\CC/C(C)=C\CO)CO. The molecule has 126 valence electrons. The average molecular weight is 306 g/mol. The molecule has 0 amide bonds. The lowest BCUT2D eigenvalue weighted by Gasteiger charge is -2.04. The van der Waals surface area contributed by atoms with Gasteiger partial charge in [0.1, 0.15) is 0 Å². The summed E-state index contributed by atoms with van der Waals surface area (Å²) in [6.45, 7) is 8.74. The van der Waals surface area contributed by atoms with Crippen molar-refractivity contribution in [2.45, 2.75) is 66.2 Å². The van der Waals surface area contributed by atoms with E-state index < -0.39 is 0 Å². The molecule has 0 aromatic heterocycles. The molecule has 0 rings (SSSR count). The van der Waals surface area contributed by atoms with E-state index in [4.69, 9.17) is 5.11 Å². The molecule has 0 aromatic carbocycles. The first-order chi connectivity index (χ1) is 10.5. The van der Waals surface area contributed by atoms with E-state index in [0.29, 0.717) is 0 Å². The lowest BCUT2D eigenvalue weighted by molar-refractivity contribution is 0.326. The summed E-state index contributed by atoms with van der Waals surface area (Å²) in [5.41, 5.74) is 5.12. The molecule has 0 spiro atoms. The standard InChI is InChI=1S/C20H34O2/c1-17(2)8-5-9-18(3)10-6-12-20(16-22)13-7-11-19(4)14-15-21/h8,10,13-14,21-22H,5-7,9,11-12,15-16H2,1-4H3/b18-10-,19-14-,20-13+.